The predicted molar refractivity (Wildman–Crippen MR) is 64.7 cm³/mol. The molecular formula is C13H16N2O2. The van der Waals surface area contributed by atoms with E-state index in [1.54, 1.807) is 24.3 Å². The highest BCUT2D eigenvalue weighted by Gasteiger charge is 2.38. The zero-order valence-corrected chi connectivity index (χ0v) is 9.85. The Hall–Kier alpha value is -1.68. The first kappa shape index (κ1) is 11.8. The molecule has 90 valence electrons. The molecule has 2 amide bonds. The first-order valence-electron chi connectivity index (χ1n) is 5.87. The van der Waals surface area contributed by atoms with Crippen LogP contribution < -0.4 is 5.73 Å². The first-order valence-corrected chi connectivity index (χ1v) is 5.87. The molecule has 0 saturated heterocycles. The fourth-order valence-electron chi connectivity index (χ4n) is 2.25. The molecule has 0 aromatic heterocycles. The van der Waals surface area contributed by atoms with E-state index in [-0.39, 0.29) is 17.9 Å². The molecule has 0 saturated carbocycles. The smallest absolute Gasteiger partial charge is 0.261 e. The number of imide groups is 1. The third-order valence-corrected chi connectivity index (χ3v) is 3.16. The van der Waals surface area contributed by atoms with Gasteiger partial charge < -0.3 is 5.73 Å². The molecule has 1 aliphatic rings. The SMILES string of the molecule is CCC(CCN)N1C(=O)c2ccccc2C1=O. The standard InChI is InChI=1S/C13H16N2O2/c1-2-9(7-8-14)15-12(16)10-5-3-4-6-11(10)13(15)17/h3-6,9H,2,7-8,14H2,1H3. The van der Waals surface area contributed by atoms with Crippen molar-refractivity contribution in [3.8, 4) is 0 Å². The van der Waals surface area contributed by atoms with Crippen LogP contribution in [0.4, 0.5) is 0 Å². The number of fused-ring (bicyclic) bond motifs is 1. The van der Waals surface area contributed by atoms with Crippen LogP contribution in [-0.2, 0) is 0 Å². The molecule has 1 heterocycles. The summed E-state index contributed by atoms with van der Waals surface area (Å²) in [5.74, 6) is -0.378. The molecule has 0 spiro atoms. The second-order valence-electron chi connectivity index (χ2n) is 4.17. The topological polar surface area (TPSA) is 63.4 Å². The van der Waals surface area contributed by atoms with Crippen molar-refractivity contribution in [1.82, 2.24) is 4.90 Å². The molecule has 0 aliphatic carbocycles. The van der Waals surface area contributed by atoms with E-state index in [2.05, 4.69) is 0 Å². The van der Waals surface area contributed by atoms with Gasteiger partial charge in [-0.25, -0.2) is 0 Å². The van der Waals surface area contributed by atoms with E-state index in [9.17, 15) is 9.59 Å². The summed E-state index contributed by atoms with van der Waals surface area (Å²) in [6.45, 7) is 2.44. The first-order chi connectivity index (χ1) is 8.20. The fraction of sp³-hybridized carbons (Fsp3) is 0.385. The Bertz CT molecular complexity index is 421. The summed E-state index contributed by atoms with van der Waals surface area (Å²) in [4.78, 5) is 25.7. The van der Waals surface area contributed by atoms with Crippen LogP contribution in [0.25, 0.3) is 0 Å². The number of carbonyl (C=O) groups is 2. The summed E-state index contributed by atoms with van der Waals surface area (Å²) < 4.78 is 0. The molecule has 1 aliphatic heterocycles. The van der Waals surface area contributed by atoms with Crippen LogP contribution in [0.5, 0.6) is 0 Å². The number of nitrogens with two attached hydrogens (primary N) is 1. The van der Waals surface area contributed by atoms with Crippen LogP contribution >= 0.6 is 0 Å². The van der Waals surface area contributed by atoms with E-state index in [0.717, 1.165) is 6.42 Å². The maximum atomic E-state index is 12.1. The number of benzene rings is 1. The van der Waals surface area contributed by atoms with Crippen LogP contribution in [0.3, 0.4) is 0 Å². The zero-order valence-electron chi connectivity index (χ0n) is 9.85. The minimum Gasteiger partial charge on any atom is -0.330 e. The highest BCUT2D eigenvalue weighted by atomic mass is 16.2. The minimum atomic E-state index is -0.189. The van der Waals surface area contributed by atoms with E-state index in [1.165, 1.54) is 4.90 Å². The lowest BCUT2D eigenvalue weighted by Crippen LogP contribution is -2.40. The fourth-order valence-corrected chi connectivity index (χ4v) is 2.25. The van der Waals surface area contributed by atoms with Gasteiger partial charge in [0.2, 0.25) is 0 Å². The van der Waals surface area contributed by atoms with E-state index in [1.807, 2.05) is 6.92 Å². The lowest BCUT2D eigenvalue weighted by molar-refractivity contribution is 0.0574. The Morgan fingerprint density at radius 3 is 2.12 bits per heavy atom. The Morgan fingerprint density at radius 1 is 1.18 bits per heavy atom. The van der Waals surface area contributed by atoms with Gasteiger partial charge >= 0.3 is 0 Å². The second kappa shape index (κ2) is 4.67. The largest absolute Gasteiger partial charge is 0.330 e. The van der Waals surface area contributed by atoms with Crippen molar-refractivity contribution in [1.29, 1.82) is 0 Å². The van der Waals surface area contributed by atoms with Gasteiger partial charge in [0, 0.05) is 6.04 Å². The highest BCUT2D eigenvalue weighted by Crippen LogP contribution is 2.26. The van der Waals surface area contributed by atoms with Crippen LogP contribution in [-0.4, -0.2) is 29.3 Å². The second-order valence-corrected chi connectivity index (χ2v) is 4.17. The number of hydrogen-bond acceptors (Lipinski definition) is 3. The maximum absolute atomic E-state index is 12.1. The van der Waals surface area contributed by atoms with Gasteiger partial charge in [-0.3, -0.25) is 14.5 Å². The number of rotatable bonds is 4. The molecule has 1 aromatic rings. The van der Waals surface area contributed by atoms with Gasteiger partial charge in [0.15, 0.2) is 0 Å². The van der Waals surface area contributed by atoms with Crippen molar-refractivity contribution in [3.63, 3.8) is 0 Å². The lowest BCUT2D eigenvalue weighted by atomic mass is 10.1. The summed E-state index contributed by atoms with van der Waals surface area (Å²) >= 11 is 0. The van der Waals surface area contributed by atoms with E-state index in [0.29, 0.717) is 24.1 Å². The molecule has 1 unspecified atom stereocenters. The molecule has 0 radical (unpaired) electrons. The van der Waals surface area contributed by atoms with Gasteiger partial charge in [0.25, 0.3) is 11.8 Å². The van der Waals surface area contributed by atoms with Crippen molar-refractivity contribution < 1.29 is 9.59 Å². The van der Waals surface area contributed by atoms with Crippen molar-refractivity contribution in [2.45, 2.75) is 25.8 Å². The Balaban J connectivity index is 2.35. The summed E-state index contributed by atoms with van der Waals surface area (Å²) in [5.41, 5.74) is 6.53. The number of carbonyl (C=O) groups excluding carboxylic acids is 2. The molecule has 1 aromatic carbocycles. The maximum Gasteiger partial charge on any atom is 0.261 e. The summed E-state index contributed by atoms with van der Waals surface area (Å²) in [5, 5.41) is 0. The summed E-state index contributed by atoms with van der Waals surface area (Å²) in [6.07, 6.45) is 1.39. The molecular weight excluding hydrogens is 216 g/mol. The van der Waals surface area contributed by atoms with Gasteiger partial charge in [0.05, 0.1) is 11.1 Å². The molecule has 17 heavy (non-hydrogen) atoms. The Labute approximate surface area is 100 Å². The molecule has 1 atom stereocenters. The van der Waals surface area contributed by atoms with Crippen LogP contribution in [0.2, 0.25) is 0 Å². The Morgan fingerprint density at radius 2 is 1.71 bits per heavy atom. The highest BCUT2D eigenvalue weighted by molar-refractivity contribution is 6.21. The van der Waals surface area contributed by atoms with Gasteiger partial charge in [-0.2, -0.15) is 0 Å². The van der Waals surface area contributed by atoms with Gasteiger partial charge in [-0.15, -0.1) is 0 Å². The average molecular weight is 232 g/mol. The Kier molecular flexibility index (Phi) is 3.24. The van der Waals surface area contributed by atoms with Crippen LogP contribution in [0, 0.1) is 0 Å². The third kappa shape index (κ3) is 1.85. The number of hydrogen-bond donors (Lipinski definition) is 1. The number of nitrogens with zero attached hydrogens (tertiary/aromatic N) is 1. The van der Waals surface area contributed by atoms with Crippen LogP contribution in [0.1, 0.15) is 40.5 Å². The molecule has 2 rings (SSSR count). The molecule has 0 fully saturated rings. The van der Waals surface area contributed by atoms with E-state index in [4.69, 9.17) is 5.73 Å². The van der Waals surface area contributed by atoms with Crippen molar-refractivity contribution in [2.24, 2.45) is 5.73 Å². The quantitative estimate of drug-likeness (QED) is 0.798. The predicted octanol–water partition coefficient (Wildman–Crippen LogP) is 1.41. The monoisotopic (exact) mass is 232 g/mol. The average Bonchev–Trinajstić information content (AvgIpc) is 2.61. The normalized spacial score (nSPS) is 16.2. The van der Waals surface area contributed by atoms with Gasteiger partial charge in [-0.05, 0) is 31.5 Å². The van der Waals surface area contributed by atoms with Crippen molar-refractivity contribution in [2.75, 3.05) is 6.54 Å². The number of amides is 2. The van der Waals surface area contributed by atoms with Gasteiger partial charge in [-0.1, -0.05) is 19.1 Å². The third-order valence-electron chi connectivity index (χ3n) is 3.16. The molecule has 4 heteroatoms. The molecule has 0 bridgehead atoms. The molecule has 2 N–H and O–H groups in total. The van der Waals surface area contributed by atoms with Crippen LogP contribution in [0.15, 0.2) is 24.3 Å². The minimum absolute atomic E-state index is 0.0904. The van der Waals surface area contributed by atoms with Gasteiger partial charge in [0.1, 0.15) is 0 Å². The summed E-state index contributed by atoms with van der Waals surface area (Å²) in [7, 11) is 0. The van der Waals surface area contributed by atoms with E-state index < -0.39 is 0 Å². The lowest BCUT2D eigenvalue weighted by Gasteiger charge is -2.24. The molecule has 4 nitrogen and oxygen atoms in total. The van der Waals surface area contributed by atoms with Crippen molar-refractivity contribution >= 4 is 11.8 Å². The summed E-state index contributed by atoms with van der Waals surface area (Å²) in [6, 6.07) is 6.86. The van der Waals surface area contributed by atoms with Crippen molar-refractivity contribution in [3.05, 3.63) is 35.4 Å². The zero-order chi connectivity index (χ0) is 12.4. The van der Waals surface area contributed by atoms with E-state index >= 15 is 0 Å².